The largest absolute Gasteiger partial charge is 0.490 e. The Morgan fingerprint density at radius 1 is 1.14 bits per heavy atom. The number of esters is 1. The molecular weight excluding hydrogens is 659 g/mol. The number of urea groups is 1. The van der Waals surface area contributed by atoms with Gasteiger partial charge in [-0.15, -0.1) is 0 Å². The predicted molar refractivity (Wildman–Crippen MR) is 165 cm³/mol. The van der Waals surface area contributed by atoms with Gasteiger partial charge in [0, 0.05) is 5.70 Å². The van der Waals surface area contributed by atoms with Crippen molar-refractivity contribution in [2.24, 2.45) is 5.10 Å². The number of nitrogens with zero attached hydrogens (tertiary/aromatic N) is 1. The summed E-state index contributed by atoms with van der Waals surface area (Å²) in [6.07, 6.45) is 2.07. The van der Waals surface area contributed by atoms with E-state index < -0.39 is 24.3 Å². The number of hydrogen-bond acceptors (Lipinski definition) is 10. The van der Waals surface area contributed by atoms with E-state index in [-0.39, 0.29) is 12.2 Å². The van der Waals surface area contributed by atoms with Crippen LogP contribution in [0.4, 0.5) is 4.79 Å². The number of carbonyl (C=O) groups excluding carboxylic acids is 2. The minimum atomic E-state index is -1.14. The van der Waals surface area contributed by atoms with E-state index in [1.807, 2.05) is 19.9 Å². The summed E-state index contributed by atoms with van der Waals surface area (Å²) in [5, 5.41) is 19.9. The molecule has 0 radical (unpaired) electrons. The van der Waals surface area contributed by atoms with Gasteiger partial charge in [0.1, 0.15) is 13.2 Å². The number of methoxy groups -OCH3 is 1. The number of nitrogens with one attached hydrogen (secondary N) is 3. The van der Waals surface area contributed by atoms with Crippen LogP contribution < -0.4 is 35.0 Å². The van der Waals surface area contributed by atoms with Gasteiger partial charge in [-0.3, -0.25) is 5.43 Å². The van der Waals surface area contributed by atoms with Crippen molar-refractivity contribution in [3.8, 4) is 23.0 Å². The van der Waals surface area contributed by atoms with Gasteiger partial charge in [0.05, 0.1) is 41.7 Å². The molecule has 4 N–H and O–H groups in total. The normalized spacial score (nSPS) is 15.4. The molecule has 13 heteroatoms. The second kappa shape index (κ2) is 15.9. The first-order valence-electron chi connectivity index (χ1n) is 13.1. The Kier molecular flexibility index (Phi) is 12.3. The van der Waals surface area contributed by atoms with Gasteiger partial charge in [-0.1, -0.05) is 18.7 Å². The van der Waals surface area contributed by atoms with Crippen LogP contribution in [0.3, 0.4) is 0 Å². The standard InChI is InChI=1S/C29H35IN4O8/c1-6-11-41-27-20(30)12-18(13-23(27)40-8-3)15-31-34-24(35)16-42-21-10-9-19(14-22(21)39-7-2)26-25(28(36)38-5)17(4)32-29(37)33-26/h6,9-10,12-15,24,26,34-35H,1,7-8,11,16H2,2-5H3,(H2,32,33,37)/b31-15+/t24-,26-/m1/s1. The Labute approximate surface area is 258 Å². The molecule has 0 spiro atoms. The molecule has 0 fully saturated rings. The Morgan fingerprint density at radius 3 is 2.57 bits per heavy atom. The molecule has 2 aromatic carbocycles. The zero-order valence-corrected chi connectivity index (χ0v) is 26.0. The van der Waals surface area contributed by atoms with Crippen molar-refractivity contribution in [3.63, 3.8) is 0 Å². The lowest BCUT2D eigenvalue weighted by Crippen LogP contribution is -2.45. The van der Waals surface area contributed by atoms with Crippen molar-refractivity contribution in [1.29, 1.82) is 0 Å². The first-order valence-corrected chi connectivity index (χ1v) is 14.2. The van der Waals surface area contributed by atoms with Gasteiger partial charge in [0.25, 0.3) is 0 Å². The maximum absolute atomic E-state index is 12.4. The quantitative estimate of drug-likeness (QED) is 0.0546. The van der Waals surface area contributed by atoms with Crippen LogP contribution in [0.15, 0.2) is 59.4 Å². The van der Waals surface area contributed by atoms with Crippen molar-refractivity contribution in [1.82, 2.24) is 16.1 Å². The van der Waals surface area contributed by atoms with E-state index in [2.05, 4.69) is 50.3 Å². The molecular formula is C29H35IN4O8. The van der Waals surface area contributed by atoms with Gasteiger partial charge in [-0.2, -0.15) is 5.10 Å². The average Bonchev–Trinajstić information content (AvgIpc) is 2.95. The second-order valence-corrected chi connectivity index (χ2v) is 9.94. The highest BCUT2D eigenvalue weighted by molar-refractivity contribution is 14.1. The van der Waals surface area contributed by atoms with Gasteiger partial charge >= 0.3 is 12.0 Å². The van der Waals surface area contributed by atoms with Crippen LogP contribution in [0.2, 0.25) is 0 Å². The summed E-state index contributed by atoms with van der Waals surface area (Å²) in [6, 6.07) is 7.47. The molecule has 12 nitrogen and oxygen atoms in total. The third kappa shape index (κ3) is 8.52. The molecule has 1 aliphatic heterocycles. The highest BCUT2D eigenvalue weighted by atomic mass is 127. The maximum Gasteiger partial charge on any atom is 0.337 e. The summed E-state index contributed by atoms with van der Waals surface area (Å²) in [5.74, 6) is 1.37. The van der Waals surface area contributed by atoms with Crippen LogP contribution in [0, 0.1) is 3.57 Å². The number of halogens is 1. The Bertz CT molecular complexity index is 1350. The van der Waals surface area contributed by atoms with E-state index in [0.29, 0.717) is 54.1 Å². The van der Waals surface area contributed by atoms with Gasteiger partial charge in [-0.25, -0.2) is 9.59 Å². The monoisotopic (exact) mass is 694 g/mol. The van der Waals surface area contributed by atoms with Crippen LogP contribution in [-0.4, -0.2) is 63.1 Å². The first kappa shape index (κ1) is 32.5. The van der Waals surface area contributed by atoms with E-state index in [1.165, 1.54) is 7.11 Å². The van der Waals surface area contributed by atoms with E-state index >= 15 is 0 Å². The number of hydrazone groups is 1. The molecule has 0 aromatic heterocycles. The third-order valence-electron chi connectivity index (χ3n) is 5.79. The van der Waals surface area contributed by atoms with Crippen molar-refractivity contribution in [2.45, 2.75) is 33.0 Å². The fourth-order valence-electron chi connectivity index (χ4n) is 4.03. The molecule has 226 valence electrons. The molecule has 0 aliphatic carbocycles. The maximum atomic E-state index is 12.4. The number of hydrogen-bond donors (Lipinski definition) is 4. The molecule has 0 bridgehead atoms. The number of allylic oxidation sites excluding steroid dienone is 1. The number of aliphatic hydroxyl groups excluding tert-OH is 1. The van der Waals surface area contributed by atoms with Gasteiger partial charge < -0.3 is 39.4 Å². The van der Waals surface area contributed by atoms with E-state index in [9.17, 15) is 14.7 Å². The predicted octanol–water partition coefficient (Wildman–Crippen LogP) is 3.78. The lowest BCUT2D eigenvalue weighted by molar-refractivity contribution is -0.136. The molecule has 0 saturated heterocycles. The highest BCUT2D eigenvalue weighted by Crippen LogP contribution is 2.35. The molecule has 1 aliphatic rings. The topological polar surface area (TPSA) is 149 Å². The number of benzene rings is 2. The number of amides is 2. The summed E-state index contributed by atoms with van der Waals surface area (Å²) in [6.45, 7) is 10.0. The Hall–Kier alpha value is -3.98. The Morgan fingerprint density at radius 2 is 1.88 bits per heavy atom. The summed E-state index contributed by atoms with van der Waals surface area (Å²) < 4.78 is 28.7. The minimum Gasteiger partial charge on any atom is -0.490 e. The van der Waals surface area contributed by atoms with Crippen LogP contribution in [0.5, 0.6) is 23.0 Å². The van der Waals surface area contributed by atoms with Crippen LogP contribution >= 0.6 is 22.6 Å². The number of carbonyl (C=O) groups is 2. The SMILES string of the molecule is C=CCOc1c(I)cc(/C=N/N[C@H](O)COc2ccc([C@H]3NC(=O)NC(C)=C3C(=O)OC)cc2OCC)cc1OCC. The summed E-state index contributed by atoms with van der Waals surface area (Å²) in [7, 11) is 1.27. The van der Waals surface area contributed by atoms with Gasteiger partial charge in [0.2, 0.25) is 0 Å². The van der Waals surface area contributed by atoms with Gasteiger partial charge in [0.15, 0.2) is 29.2 Å². The zero-order chi connectivity index (χ0) is 30.6. The smallest absolute Gasteiger partial charge is 0.337 e. The van der Waals surface area contributed by atoms with Crippen LogP contribution in [0.1, 0.15) is 37.9 Å². The third-order valence-corrected chi connectivity index (χ3v) is 6.59. The summed E-state index contributed by atoms with van der Waals surface area (Å²) in [5.41, 5.74) is 4.62. The van der Waals surface area contributed by atoms with Crippen molar-refractivity contribution in [3.05, 3.63) is 69.0 Å². The van der Waals surface area contributed by atoms with Crippen molar-refractivity contribution < 1.29 is 38.4 Å². The molecule has 0 saturated carbocycles. The van der Waals surface area contributed by atoms with Crippen molar-refractivity contribution in [2.75, 3.05) is 33.5 Å². The van der Waals surface area contributed by atoms with E-state index in [4.69, 9.17) is 23.7 Å². The zero-order valence-electron chi connectivity index (χ0n) is 23.9. The lowest BCUT2D eigenvalue weighted by Gasteiger charge is -2.28. The number of aliphatic hydroxyl groups is 1. The van der Waals surface area contributed by atoms with Crippen molar-refractivity contribution >= 4 is 40.8 Å². The molecule has 1 heterocycles. The fourth-order valence-corrected chi connectivity index (χ4v) is 4.81. The lowest BCUT2D eigenvalue weighted by atomic mass is 9.95. The average molecular weight is 695 g/mol. The molecule has 42 heavy (non-hydrogen) atoms. The second-order valence-electron chi connectivity index (χ2n) is 8.78. The number of rotatable bonds is 15. The van der Waals surface area contributed by atoms with E-state index in [0.717, 1.165) is 9.13 Å². The summed E-state index contributed by atoms with van der Waals surface area (Å²) >= 11 is 2.16. The first-order chi connectivity index (χ1) is 20.2. The molecule has 2 amide bonds. The Balaban J connectivity index is 1.69. The fraction of sp³-hybridized carbons (Fsp3) is 0.345. The molecule has 3 rings (SSSR count). The molecule has 2 aromatic rings. The van der Waals surface area contributed by atoms with E-state index in [1.54, 1.807) is 43.5 Å². The van der Waals surface area contributed by atoms with Gasteiger partial charge in [-0.05, 0) is 78.8 Å². The van der Waals surface area contributed by atoms with Crippen LogP contribution in [0.25, 0.3) is 0 Å². The molecule has 2 atom stereocenters. The van der Waals surface area contributed by atoms with Crippen LogP contribution in [-0.2, 0) is 9.53 Å². The number of ether oxygens (including phenoxy) is 5. The summed E-state index contributed by atoms with van der Waals surface area (Å²) in [4.78, 5) is 24.6. The highest BCUT2D eigenvalue weighted by Gasteiger charge is 2.32. The minimum absolute atomic E-state index is 0.149. The molecule has 0 unspecified atom stereocenters.